The molecule has 0 radical (unpaired) electrons. The minimum atomic E-state index is -1.16. The van der Waals surface area contributed by atoms with E-state index in [9.17, 15) is 19.5 Å². The number of benzene rings is 4. The standard InChI is InChI=1S/C28H26N2O4/c1-18(31)29-25(15-19-9-3-2-4-10-19)27(32)30-26(28(33)34)17-24-22-13-7-5-11-20(22)16-21-12-6-8-14-23(21)24/h2-14,16,25-26H,15,17H2,1H3,(H,29,31)(H,30,32)(H,33,34)/t25-,26-/m1/s1. The number of hydrogen-bond acceptors (Lipinski definition) is 3. The van der Waals surface area contributed by atoms with Crippen molar-refractivity contribution in [2.45, 2.75) is 31.8 Å². The highest BCUT2D eigenvalue weighted by Crippen LogP contribution is 2.29. The molecule has 0 aliphatic carbocycles. The van der Waals surface area contributed by atoms with Gasteiger partial charge in [0.1, 0.15) is 12.1 Å². The van der Waals surface area contributed by atoms with Gasteiger partial charge in [0.25, 0.3) is 0 Å². The Morgan fingerprint density at radius 2 is 1.29 bits per heavy atom. The third-order valence-electron chi connectivity index (χ3n) is 5.88. The summed E-state index contributed by atoms with van der Waals surface area (Å²) in [5.41, 5.74) is 1.73. The van der Waals surface area contributed by atoms with Gasteiger partial charge < -0.3 is 15.7 Å². The SMILES string of the molecule is CC(=O)N[C@H](Cc1ccccc1)C(=O)N[C@H](Cc1c2ccccc2cc2ccccc12)C(=O)O. The number of carboxylic acid groups (broad SMARTS) is 1. The number of carbonyl (C=O) groups excluding carboxylic acids is 2. The molecule has 0 bridgehead atoms. The van der Waals surface area contributed by atoms with E-state index in [1.54, 1.807) is 0 Å². The molecule has 0 spiro atoms. The van der Waals surface area contributed by atoms with Gasteiger partial charge in [0, 0.05) is 19.8 Å². The molecule has 0 aliphatic rings. The number of nitrogens with one attached hydrogen (secondary N) is 2. The van der Waals surface area contributed by atoms with Crippen molar-refractivity contribution in [3.8, 4) is 0 Å². The zero-order valence-corrected chi connectivity index (χ0v) is 18.8. The van der Waals surface area contributed by atoms with Crippen LogP contribution < -0.4 is 10.6 Å². The smallest absolute Gasteiger partial charge is 0.326 e. The first-order chi connectivity index (χ1) is 16.4. The maximum atomic E-state index is 13.1. The van der Waals surface area contributed by atoms with E-state index in [4.69, 9.17) is 0 Å². The van der Waals surface area contributed by atoms with Crippen molar-refractivity contribution >= 4 is 39.3 Å². The van der Waals surface area contributed by atoms with Crippen LogP contribution in [0.4, 0.5) is 0 Å². The van der Waals surface area contributed by atoms with Crippen molar-refractivity contribution in [2.24, 2.45) is 0 Å². The van der Waals surface area contributed by atoms with Gasteiger partial charge in [0.15, 0.2) is 0 Å². The first-order valence-corrected chi connectivity index (χ1v) is 11.2. The van der Waals surface area contributed by atoms with E-state index in [0.717, 1.165) is 32.7 Å². The minimum absolute atomic E-state index is 0.112. The van der Waals surface area contributed by atoms with E-state index in [2.05, 4.69) is 16.7 Å². The Bertz CT molecular complexity index is 1300. The highest BCUT2D eigenvalue weighted by molar-refractivity contribution is 6.03. The van der Waals surface area contributed by atoms with Crippen LogP contribution >= 0.6 is 0 Å². The molecule has 0 heterocycles. The highest BCUT2D eigenvalue weighted by Gasteiger charge is 2.27. The number of aliphatic carboxylic acids is 1. The molecule has 4 rings (SSSR count). The lowest BCUT2D eigenvalue weighted by Crippen LogP contribution is -2.52. The normalized spacial score (nSPS) is 12.7. The Morgan fingerprint density at radius 1 is 0.735 bits per heavy atom. The summed E-state index contributed by atoms with van der Waals surface area (Å²) in [5.74, 6) is -2.02. The fraction of sp³-hybridized carbons (Fsp3) is 0.179. The van der Waals surface area contributed by atoms with Crippen LogP contribution in [0.15, 0.2) is 84.9 Å². The van der Waals surface area contributed by atoms with Crippen LogP contribution in [-0.2, 0) is 27.2 Å². The maximum absolute atomic E-state index is 13.1. The lowest BCUT2D eigenvalue weighted by atomic mass is 9.92. The van der Waals surface area contributed by atoms with Gasteiger partial charge in [-0.15, -0.1) is 0 Å². The average Bonchev–Trinajstić information content (AvgIpc) is 2.83. The number of rotatable bonds is 8. The van der Waals surface area contributed by atoms with E-state index >= 15 is 0 Å². The van der Waals surface area contributed by atoms with E-state index in [1.807, 2.05) is 78.9 Å². The summed E-state index contributed by atoms with van der Waals surface area (Å²) in [6, 6.07) is 25.0. The number of hydrogen-bond donors (Lipinski definition) is 3. The third kappa shape index (κ3) is 5.23. The molecule has 3 N–H and O–H groups in total. The van der Waals surface area contributed by atoms with Gasteiger partial charge in [0.05, 0.1) is 0 Å². The molecule has 4 aromatic carbocycles. The van der Waals surface area contributed by atoms with Crippen molar-refractivity contribution < 1.29 is 19.5 Å². The molecular weight excluding hydrogens is 428 g/mol. The second kappa shape index (κ2) is 10.2. The van der Waals surface area contributed by atoms with Crippen LogP contribution in [0, 0.1) is 0 Å². The van der Waals surface area contributed by atoms with Crippen LogP contribution in [0.5, 0.6) is 0 Å². The molecule has 0 aromatic heterocycles. The summed E-state index contributed by atoms with van der Waals surface area (Å²) in [5, 5.41) is 19.2. The summed E-state index contributed by atoms with van der Waals surface area (Å²) in [6.45, 7) is 1.34. The Balaban J connectivity index is 1.65. The third-order valence-corrected chi connectivity index (χ3v) is 5.88. The number of carboxylic acids is 1. The summed E-state index contributed by atoms with van der Waals surface area (Å²) < 4.78 is 0. The molecular formula is C28H26N2O4. The molecule has 0 aliphatic heterocycles. The summed E-state index contributed by atoms with van der Waals surface area (Å²) >= 11 is 0. The van der Waals surface area contributed by atoms with E-state index in [1.165, 1.54) is 6.92 Å². The molecule has 0 saturated carbocycles. The molecule has 0 unspecified atom stereocenters. The van der Waals surface area contributed by atoms with Gasteiger partial charge in [-0.25, -0.2) is 4.79 Å². The minimum Gasteiger partial charge on any atom is -0.480 e. The lowest BCUT2D eigenvalue weighted by Gasteiger charge is -2.22. The van der Waals surface area contributed by atoms with Gasteiger partial charge in [-0.1, -0.05) is 78.9 Å². The average molecular weight is 455 g/mol. The molecule has 0 saturated heterocycles. The zero-order valence-electron chi connectivity index (χ0n) is 18.8. The topological polar surface area (TPSA) is 95.5 Å². The first-order valence-electron chi connectivity index (χ1n) is 11.2. The predicted molar refractivity (Wildman–Crippen MR) is 132 cm³/mol. The van der Waals surface area contributed by atoms with Gasteiger partial charge >= 0.3 is 5.97 Å². The van der Waals surface area contributed by atoms with Crippen molar-refractivity contribution in [3.63, 3.8) is 0 Å². The van der Waals surface area contributed by atoms with Crippen molar-refractivity contribution in [1.29, 1.82) is 0 Å². The van der Waals surface area contributed by atoms with Gasteiger partial charge in [-0.05, 0) is 38.7 Å². The lowest BCUT2D eigenvalue weighted by molar-refractivity contribution is -0.142. The van der Waals surface area contributed by atoms with E-state index in [0.29, 0.717) is 0 Å². The molecule has 2 amide bonds. The molecule has 172 valence electrons. The molecule has 0 fully saturated rings. The van der Waals surface area contributed by atoms with Crippen LogP contribution in [0.3, 0.4) is 0 Å². The Labute approximate surface area is 197 Å². The van der Waals surface area contributed by atoms with Crippen LogP contribution in [0.25, 0.3) is 21.5 Å². The van der Waals surface area contributed by atoms with E-state index in [-0.39, 0.29) is 18.7 Å². The van der Waals surface area contributed by atoms with Crippen LogP contribution in [-0.4, -0.2) is 35.0 Å². The van der Waals surface area contributed by atoms with Gasteiger partial charge in [-0.2, -0.15) is 0 Å². The van der Waals surface area contributed by atoms with E-state index < -0.39 is 24.0 Å². The Morgan fingerprint density at radius 3 is 1.85 bits per heavy atom. The number of carbonyl (C=O) groups is 3. The Kier molecular flexibility index (Phi) is 6.87. The summed E-state index contributed by atoms with van der Waals surface area (Å²) in [6.07, 6.45) is 0.372. The molecule has 2 atom stereocenters. The summed E-state index contributed by atoms with van der Waals surface area (Å²) in [7, 11) is 0. The number of fused-ring (bicyclic) bond motifs is 2. The fourth-order valence-electron chi connectivity index (χ4n) is 4.31. The van der Waals surface area contributed by atoms with Crippen molar-refractivity contribution in [1.82, 2.24) is 10.6 Å². The second-order valence-electron chi connectivity index (χ2n) is 8.34. The molecule has 34 heavy (non-hydrogen) atoms. The second-order valence-corrected chi connectivity index (χ2v) is 8.34. The van der Waals surface area contributed by atoms with Crippen LogP contribution in [0.1, 0.15) is 18.1 Å². The quantitative estimate of drug-likeness (QED) is 0.353. The molecule has 6 heteroatoms. The fourth-order valence-corrected chi connectivity index (χ4v) is 4.31. The van der Waals surface area contributed by atoms with Crippen molar-refractivity contribution in [3.05, 3.63) is 96.1 Å². The number of amides is 2. The Hall–Kier alpha value is -4.19. The molecule has 4 aromatic rings. The van der Waals surface area contributed by atoms with Crippen molar-refractivity contribution in [2.75, 3.05) is 0 Å². The monoisotopic (exact) mass is 454 g/mol. The highest BCUT2D eigenvalue weighted by atomic mass is 16.4. The summed E-state index contributed by atoms with van der Waals surface area (Å²) in [4.78, 5) is 37.1. The zero-order chi connectivity index (χ0) is 24.1. The van der Waals surface area contributed by atoms with Gasteiger partial charge in [-0.3, -0.25) is 9.59 Å². The first kappa shape index (κ1) is 23.0. The largest absolute Gasteiger partial charge is 0.480 e. The predicted octanol–water partition coefficient (Wildman–Crippen LogP) is 3.85. The maximum Gasteiger partial charge on any atom is 0.326 e. The van der Waals surface area contributed by atoms with Gasteiger partial charge in [0.2, 0.25) is 11.8 Å². The van der Waals surface area contributed by atoms with Crippen LogP contribution in [0.2, 0.25) is 0 Å². The molecule has 6 nitrogen and oxygen atoms in total.